The summed E-state index contributed by atoms with van der Waals surface area (Å²) in [7, 11) is 0. The molecule has 0 unspecified atom stereocenters. The predicted octanol–water partition coefficient (Wildman–Crippen LogP) is 1.87. The Morgan fingerprint density at radius 2 is 1.76 bits per heavy atom. The minimum atomic E-state index is 0.289. The van der Waals surface area contributed by atoms with Crippen molar-refractivity contribution in [2.24, 2.45) is 0 Å². The first-order valence-electron chi connectivity index (χ1n) is 7.45. The molecule has 2 fully saturated rings. The van der Waals surface area contributed by atoms with Gasteiger partial charge < -0.3 is 19.7 Å². The second kappa shape index (κ2) is 6.77. The molecule has 0 bridgehead atoms. The van der Waals surface area contributed by atoms with Crippen molar-refractivity contribution >= 4 is 23.2 Å². The molecule has 7 heteroatoms. The summed E-state index contributed by atoms with van der Waals surface area (Å²) in [6, 6.07) is 0.390. The highest BCUT2D eigenvalue weighted by molar-refractivity contribution is 6.28. The number of halogens is 1. The van der Waals surface area contributed by atoms with Gasteiger partial charge >= 0.3 is 0 Å². The van der Waals surface area contributed by atoms with Crippen LogP contribution in [0, 0.1) is 6.92 Å². The third kappa shape index (κ3) is 3.56. The number of rotatable bonds is 3. The van der Waals surface area contributed by atoms with Crippen molar-refractivity contribution in [3.05, 3.63) is 10.8 Å². The van der Waals surface area contributed by atoms with Crippen molar-refractivity contribution in [1.82, 2.24) is 9.97 Å². The van der Waals surface area contributed by atoms with E-state index in [1.807, 2.05) is 6.92 Å². The van der Waals surface area contributed by atoms with Crippen LogP contribution in [0.25, 0.3) is 0 Å². The smallest absolute Gasteiger partial charge is 0.226 e. The lowest BCUT2D eigenvalue weighted by Gasteiger charge is -2.30. The molecule has 3 heterocycles. The van der Waals surface area contributed by atoms with E-state index >= 15 is 0 Å². The van der Waals surface area contributed by atoms with Gasteiger partial charge in [0.15, 0.2) is 0 Å². The van der Waals surface area contributed by atoms with E-state index in [-0.39, 0.29) is 5.28 Å². The minimum absolute atomic E-state index is 0.289. The number of morpholine rings is 1. The summed E-state index contributed by atoms with van der Waals surface area (Å²) in [6.07, 6.45) is 1.99. The third-order valence-electron chi connectivity index (χ3n) is 3.97. The van der Waals surface area contributed by atoms with E-state index in [1.165, 1.54) is 0 Å². The summed E-state index contributed by atoms with van der Waals surface area (Å²) in [6.45, 7) is 6.77. The Labute approximate surface area is 129 Å². The summed E-state index contributed by atoms with van der Waals surface area (Å²) >= 11 is 6.11. The molecule has 1 aromatic heterocycles. The highest BCUT2D eigenvalue weighted by Gasteiger charge is 2.21. The molecule has 0 spiro atoms. The quantitative estimate of drug-likeness (QED) is 0.860. The Balaban J connectivity index is 1.80. The van der Waals surface area contributed by atoms with Gasteiger partial charge in [0, 0.05) is 37.9 Å². The Morgan fingerprint density at radius 1 is 1.10 bits per heavy atom. The molecule has 116 valence electrons. The van der Waals surface area contributed by atoms with Crippen molar-refractivity contribution in [3.63, 3.8) is 0 Å². The number of ether oxygens (including phenoxy) is 2. The van der Waals surface area contributed by atoms with Crippen molar-refractivity contribution in [2.45, 2.75) is 25.8 Å². The second-order valence-electron chi connectivity index (χ2n) is 5.42. The first-order valence-corrected chi connectivity index (χ1v) is 7.83. The molecule has 0 atom stereocenters. The first kappa shape index (κ1) is 14.8. The zero-order valence-electron chi connectivity index (χ0n) is 12.3. The number of aromatic nitrogens is 2. The number of nitrogens with zero attached hydrogens (tertiary/aromatic N) is 3. The van der Waals surface area contributed by atoms with Crippen LogP contribution in [-0.4, -0.2) is 55.5 Å². The van der Waals surface area contributed by atoms with Crippen molar-refractivity contribution in [1.29, 1.82) is 0 Å². The molecular formula is C14H21ClN4O2. The van der Waals surface area contributed by atoms with Gasteiger partial charge in [-0.15, -0.1) is 0 Å². The summed E-state index contributed by atoms with van der Waals surface area (Å²) in [5.41, 5.74) is 1.05. The first-order chi connectivity index (χ1) is 10.2. The molecule has 0 aromatic carbocycles. The van der Waals surface area contributed by atoms with Crippen LogP contribution in [0.2, 0.25) is 5.28 Å². The Hall–Kier alpha value is -1.11. The van der Waals surface area contributed by atoms with Crippen LogP contribution >= 0.6 is 11.6 Å². The maximum Gasteiger partial charge on any atom is 0.226 e. The van der Waals surface area contributed by atoms with Crippen molar-refractivity contribution in [3.8, 4) is 0 Å². The summed E-state index contributed by atoms with van der Waals surface area (Å²) in [4.78, 5) is 11.0. The van der Waals surface area contributed by atoms with Gasteiger partial charge in [0.2, 0.25) is 5.28 Å². The number of hydrogen-bond acceptors (Lipinski definition) is 6. The van der Waals surface area contributed by atoms with Gasteiger partial charge in [0.1, 0.15) is 11.6 Å². The lowest BCUT2D eigenvalue weighted by Crippen LogP contribution is -2.37. The molecule has 2 aliphatic rings. The molecule has 1 N–H and O–H groups in total. The van der Waals surface area contributed by atoms with Gasteiger partial charge in [-0.2, -0.15) is 0 Å². The van der Waals surface area contributed by atoms with Crippen LogP contribution in [0.4, 0.5) is 11.6 Å². The average Bonchev–Trinajstić information content (AvgIpc) is 2.52. The maximum absolute atomic E-state index is 6.11. The van der Waals surface area contributed by atoms with Gasteiger partial charge in [-0.1, -0.05) is 0 Å². The number of anilines is 2. The minimum Gasteiger partial charge on any atom is -0.381 e. The van der Waals surface area contributed by atoms with Crippen LogP contribution in [-0.2, 0) is 9.47 Å². The lowest BCUT2D eigenvalue weighted by atomic mass is 10.1. The van der Waals surface area contributed by atoms with E-state index in [1.54, 1.807) is 0 Å². The third-order valence-corrected chi connectivity index (χ3v) is 4.13. The fourth-order valence-corrected chi connectivity index (χ4v) is 2.90. The molecule has 0 saturated carbocycles. The molecule has 0 amide bonds. The van der Waals surface area contributed by atoms with Crippen LogP contribution in [0.3, 0.4) is 0 Å². The zero-order valence-corrected chi connectivity index (χ0v) is 13.0. The Morgan fingerprint density at radius 3 is 2.48 bits per heavy atom. The summed E-state index contributed by atoms with van der Waals surface area (Å²) in [5, 5.41) is 3.78. The highest BCUT2D eigenvalue weighted by Crippen LogP contribution is 2.27. The van der Waals surface area contributed by atoms with Gasteiger partial charge in [-0.3, -0.25) is 0 Å². The normalized spacial score (nSPS) is 20.6. The largest absolute Gasteiger partial charge is 0.381 e. The lowest BCUT2D eigenvalue weighted by molar-refractivity contribution is 0.0903. The average molecular weight is 313 g/mol. The SMILES string of the molecule is Cc1c(NC2CCOCC2)nc(Cl)nc1N1CCOCC1. The Bertz CT molecular complexity index is 488. The predicted molar refractivity (Wildman–Crippen MR) is 82.3 cm³/mol. The van der Waals surface area contributed by atoms with Crippen molar-refractivity contribution in [2.75, 3.05) is 49.7 Å². The maximum atomic E-state index is 6.11. The van der Waals surface area contributed by atoms with Gasteiger partial charge in [0.05, 0.1) is 13.2 Å². The monoisotopic (exact) mass is 312 g/mol. The molecule has 0 aliphatic carbocycles. The van der Waals surface area contributed by atoms with E-state index < -0.39 is 0 Å². The van der Waals surface area contributed by atoms with Crippen LogP contribution in [0.5, 0.6) is 0 Å². The van der Waals surface area contributed by atoms with Gasteiger partial charge in [-0.05, 0) is 31.4 Å². The fraction of sp³-hybridized carbons (Fsp3) is 0.714. The highest BCUT2D eigenvalue weighted by atomic mass is 35.5. The van der Waals surface area contributed by atoms with Crippen molar-refractivity contribution < 1.29 is 9.47 Å². The molecule has 2 aliphatic heterocycles. The summed E-state index contributed by atoms with van der Waals surface area (Å²) < 4.78 is 10.8. The molecule has 6 nitrogen and oxygen atoms in total. The fourth-order valence-electron chi connectivity index (χ4n) is 2.74. The molecule has 1 aromatic rings. The number of hydrogen-bond donors (Lipinski definition) is 1. The zero-order chi connectivity index (χ0) is 14.7. The molecule has 3 rings (SSSR count). The Kier molecular flexibility index (Phi) is 4.77. The van der Waals surface area contributed by atoms with Crippen LogP contribution in [0.15, 0.2) is 0 Å². The van der Waals surface area contributed by atoms with Crippen LogP contribution < -0.4 is 10.2 Å². The topological polar surface area (TPSA) is 59.5 Å². The van der Waals surface area contributed by atoms with E-state index in [9.17, 15) is 0 Å². The van der Waals surface area contributed by atoms with Gasteiger partial charge in [0.25, 0.3) is 0 Å². The number of nitrogens with one attached hydrogen (secondary N) is 1. The van der Waals surface area contributed by atoms with E-state index in [2.05, 4.69) is 20.2 Å². The molecule has 2 saturated heterocycles. The van der Waals surface area contributed by atoms with E-state index in [0.29, 0.717) is 6.04 Å². The molecule has 21 heavy (non-hydrogen) atoms. The molecular weight excluding hydrogens is 292 g/mol. The van der Waals surface area contributed by atoms with E-state index in [4.69, 9.17) is 21.1 Å². The van der Waals surface area contributed by atoms with Crippen LogP contribution in [0.1, 0.15) is 18.4 Å². The molecule has 0 radical (unpaired) electrons. The van der Waals surface area contributed by atoms with Gasteiger partial charge in [-0.25, -0.2) is 9.97 Å². The second-order valence-corrected chi connectivity index (χ2v) is 5.76. The standard InChI is InChI=1S/C14H21ClN4O2/c1-10-12(16-11-2-6-20-7-3-11)17-14(15)18-13(10)19-4-8-21-9-5-19/h11H,2-9H2,1H3,(H,16,17,18). The van der Waals surface area contributed by atoms with E-state index in [0.717, 1.165) is 69.6 Å². The summed E-state index contributed by atoms with van der Waals surface area (Å²) in [5.74, 6) is 1.75.